The molecule has 2 aromatic carbocycles. The van der Waals surface area contributed by atoms with E-state index in [9.17, 15) is 18.3 Å². The molecular weight excluding hydrogens is 427 g/mol. The van der Waals surface area contributed by atoms with Crippen LogP contribution in [0.2, 0.25) is 0 Å². The maximum absolute atomic E-state index is 13.1. The highest BCUT2D eigenvalue weighted by Crippen LogP contribution is 2.37. The van der Waals surface area contributed by atoms with E-state index in [2.05, 4.69) is 29.4 Å². The summed E-state index contributed by atoms with van der Waals surface area (Å²) < 4.78 is 41.6. The van der Waals surface area contributed by atoms with Crippen LogP contribution in [0.5, 0.6) is 0 Å². The van der Waals surface area contributed by atoms with Crippen molar-refractivity contribution in [1.82, 2.24) is 14.5 Å². The van der Waals surface area contributed by atoms with Crippen molar-refractivity contribution in [2.24, 2.45) is 11.3 Å². The number of benzene rings is 2. The number of likely N-dealkylation sites (tertiary alicyclic amines) is 1. The molecule has 1 saturated heterocycles. The number of hydrogen-bond donors (Lipinski definition) is 1. The molecular formula is C26H32F3N3O. The Hall–Kier alpha value is -2.38. The highest BCUT2D eigenvalue weighted by atomic mass is 19.4. The number of aliphatic hydroxyl groups is 1. The maximum atomic E-state index is 13.1. The number of alkyl halides is 3. The molecule has 4 nitrogen and oxygen atoms in total. The fourth-order valence-corrected chi connectivity index (χ4v) is 4.88. The molecule has 4 rings (SSSR count). The van der Waals surface area contributed by atoms with Gasteiger partial charge < -0.3 is 9.67 Å². The zero-order chi connectivity index (χ0) is 23.6. The second kappa shape index (κ2) is 9.47. The minimum absolute atomic E-state index is 0.0249. The Morgan fingerprint density at radius 1 is 1.06 bits per heavy atom. The SMILES string of the molecule is CC(C)Cn1c(CN2CCC(CO)(Cc3cccc(C(F)(F)F)c3)CC2)nc2ccccc21. The quantitative estimate of drug-likeness (QED) is 0.505. The summed E-state index contributed by atoms with van der Waals surface area (Å²) in [7, 11) is 0. The summed E-state index contributed by atoms with van der Waals surface area (Å²) >= 11 is 0. The van der Waals surface area contributed by atoms with Gasteiger partial charge >= 0.3 is 6.18 Å². The predicted octanol–water partition coefficient (Wildman–Crippen LogP) is 5.53. The van der Waals surface area contributed by atoms with Gasteiger partial charge in [0.05, 0.1) is 23.1 Å². The van der Waals surface area contributed by atoms with Gasteiger partial charge in [-0.3, -0.25) is 4.90 Å². The van der Waals surface area contributed by atoms with E-state index in [0.29, 0.717) is 17.9 Å². The van der Waals surface area contributed by atoms with Crippen LogP contribution in [0, 0.1) is 11.3 Å². The van der Waals surface area contributed by atoms with Crippen molar-refractivity contribution in [3.63, 3.8) is 0 Å². The molecule has 178 valence electrons. The zero-order valence-electron chi connectivity index (χ0n) is 19.3. The van der Waals surface area contributed by atoms with Crippen LogP contribution in [-0.2, 0) is 25.7 Å². The van der Waals surface area contributed by atoms with Crippen molar-refractivity contribution in [2.75, 3.05) is 19.7 Å². The Bertz CT molecular complexity index is 1080. The molecule has 0 amide bonds. The van der Waals surface area contributed by atoms with Gasteiger partial charge in [0.25, 0.3) is 0 Å². The van der Waals surface area contributed by atoms with E-state index in [-0.39, 0.29) is 6.61 Å². The molecule has 3 aromatic rings. The number of aliphatic hydroxyl groups excluding tert-OH is 1. The first-order valence-corrected chi connectivity index (χ1v) is 11.6. The summed E-state index contributed by atoms with van der Waals surface area (Å²) in [5.41, 5.74) is 1.76. The minimum atomic E-state index is -4.35. The van der Waals surface area contributed by atoms with Crippen molar-refractivity contribution in [2.45, 2.75) is 52.4 Å². The van der Waals surface area contributed by atoms with Gasteiger partial charge in [-0.05, 0) is 67.4 Å². The summed E-state index contributed by atoms with van der Waals surface area (Å²) in [6, 6.07) is 13.7. The molecule has 0 atom stereocenters. The average Bonchev–Trinajstić information content (AvgIpc) is 3.11. The monoisotopic (exact) mass is 459 g/mol. The highest BCUT2D eigenvalue weighted by molar-refractivity contribution is 5.75. The lowest BCUT2D eigenvalue weighted by atomic mass is 9.74. The van der Waals surface area contributed by atoms with E-state index in [1.54, 1.807) is 6.07 Å². The number of piperidine rings is 1. The van der Waals surface area contributed by atoms with Crippen LogP contribution in [0.25, 0.3) is 11.0 Å². The molecule has 0 saturated carbocycles. The molecule has 0 bridgehead atoms. The van der Waals surface area contributed by atoms with E-state index in [1.165, 1.54) is 12.1 Å². The van der Waals surface area contributed by atoms with E-state index in [4.69, 9.17) is 4.98 Å². The second-order valence-electron chi connectivity index (χ2n) is 9.83. The first-order valence-electron chi connectivity index (χ1n) is 11.6. The number of para-hydroxylation sites is 2. The van der Waals surface area contributed by atoms with Gasteiger partial charge in [0.15, 0.2) is 0 Å². The summed E-state index contributed by atoms with van der Waals surface area (Å²) in [5, 5.41) is 10.2. The van der Waals surface area contributed by atoms with Gasteiger partial charge in [0.2, 0.25) is 0 Å². The standard InChI is InChI=1S/C26H32F3N3O/c1-19(2)16-32-23-9-4-3-8-22(23)30-24(32)17-31-12-10-25(18-33,11-13-31)15-20-6-5-7-21(14-20)26(27,28)29/h3-9,14,19,33H,10-13,15-18H2,1-2H3. The number of halogens is 3. The van der Waals surface area contributed by atoms with E-state index in [0.717, 1.165) is 61.9 Å². The van der Waals surface area contributed by atoms with Gasteiger partial charge in [-0.2, -0.15) is 13.2 Å². The number of rotatable bonds is 7. The van der Waals surface area contributed by atoms with Crippen molar-refractivity contribution < 1.29 is 18.3 Å². The van der Waals surface area contributed by atoms with Crippen LogP contribution in [0.4, 0.5) is 13.2 Å². The van der Waals surface area contributed by atoms with Crippen LogP contribution in [0.3, 0.4) is 0 Å². The number of nitrogens with zero attached hydrogens (tertiary/aromatic N) is 3. The van der Waals surface area contributed by atoms with E-state index >= 15 is 0 Å². The maximum Gasteiger partial charge on any atom is 0.416 e. The Balaban J connectivity index is 1.46. The van der Waals surface area contributed by atoms with E-state index < -0.39 is 17.2 Å². The van der Waals surface area contributed by atoms with Gasteiger partial charge in [-0.15, -0.1) is 0 Å². The second-order valence-corrected chi connectivity index (χ2v) is 9.83. The zero-order valence-corrected chi connectivity index (χ0v) is 19.3. The van der Waals surface area contributed by atoms with Crippen molar-refractivity contribution in [3.8, 4) is 0 Å². The lowest BCUT2D eigenvalue weighted by molar-refractivity contribution is -0.137. The lowest BCUT2D eigenvalue weighted by Crippen LogP contribution is -2.43. The third-order valence-electron chi connectivity index (χ3n) is 6.73. The highest BCUT2D eigenvalue weighted by Gasteiger charge is 2.36. The topological polar surface area (TPSA) is 41.3 Å². The van der Waals surface area contributed by atoms with Gasteiger partial charge in [-0.1, -0.05) is 44.2 Å². The molecule has 1 aliphatic heterocycles. The van der Waals surface area contributed by atoms with Gasteiger partial charge in [0.1, 0.15) is 5.82 Å². The first-order chi connectivity index (χ1) is 15.7. The fourth-order valence-electron chi connectivity index (χ4n) is 4.88. The molecule has 2 heterocycles. The first kappa shape index (κ1) is 23.8. The van der Waals surface area contributed by atoms with Gasteiger partial charge in [-0.25, -0.2) is 4.98 Å². The molecule has 0 spiro atoms. The minimum Gasteiger partial charge on any atom is -0.396 e. The van der Waals surface area contributed by atoms with Crippen LogP contribution < -0.4 is 0 Å². The molecule has 1 N–H and O–H groups in total. The van der Waals surface area contributed by atoms with Crippen LogP contribution in [0.1, 0.15) is 43.6 Å². The van der Waals surface area contributed by atoms with Crippen molar-refractivity contribution in [3.05, 3.63) is 65.5 Å². The Labute approximate surface area is 193 Å². The molecule has 0 unspecified atom stereocenters. The smallest absolute Gasteiger partial charge is 0.396 e. The molecule has 0 aliphatic carbocycles. The molecule has 33 heavy (non-hydrogen) atoms. The number of aromatic nitrogens is 2. The largest absolute Gasteiger partial charge is 0.416 e. The fraction of sp³-hybridized carbons (Fsp3) is 0.500. The average molecular weight is 460 g/mol. The number of imidazole rings is 1. The number of hydrogen-bond acceptors (Lipinski definition) is 3. The predicted molar refractivity (Wildman–Crippen MR) is 124 cm³/mol. The summed E-state index contributed by atoms with van der Waals surface area (Å²) in [5.74, 6) is 1.54. The third-order valence-corrected chi connectivity index (χ3v) is 6.73. The Morgan fingerprint density at radius 3 is 2.45 bits per heavy atom. The summed E-state index contributed by atoms with van der Waals surface area (Å²) in [6.07, 6.45) is -2.42. The normalized spacial score (nSPS) is 17.2. The summed E-state index contributed by atoms with van der Waals surface area (Å²) in [6.45, 7) is 7.57. The van der Waals surface area contributed by atoms with Crippen molar-refractivity contribution >= 4 is 11.0 Å². The van der Waals surface area contributed by atoms with Crippen LogP contribution >= 0.6 is 0 Å². The Morgan fingerprint density at radius 2 is 1.79 bits per heavy atom. The van der Waals surface area contributed by atoms with Gasteiger partial charge in [0, 0.05) is 13.2 Å². The summed E-state index contributed by atoms with van der Waals surface area (Å²) in [4.78, 5) is 7.23. The lowest BCUT2D eigenvalue weighted by Gasteiger charge is -2.41. The van der Waals surface area contributed by atoms with Crippen molar-refractivity contribution in [1.29, 1.82) is 0 Å². The Kier molecular flexibility index (Phi) is 6.82. The van der Waals surface area contributed by atoms with Crippen LogP contribution in [-0.4, -0.2) is 39.3 Å². The third kappa shape index (κ3) is 5.41. The van der Waals surface area contributed by atoms with Crippen LogP contribution in [0.15, 0.2) is 48.5 Å². The molecule has 7 heteroatoms. The van der Waals surface area contributed by atoms with E-state index in [1.807, 2.05) is 18.2 Å². The molecule has 0 radical (unpaired) electrons. The molecule has 1 fully saturated rings. The number of fused-ring (bicyclic) bond motifs is 1. The molecule has 1 aliphatic rings. The molecule has 1 aromatic heterocycles.